The summed E-state index contributed by atoms with van der Waals surface area (Å²) < 4.78 is 0. The molecule has 1 rings (SSSR count). The first-order chi connectivity index (χ1) is 10.4. The van der Waals surface area contributed by atoms with Crippen LogP contribution in [0.25, 0.3) is 0 Å². The van der Waals surface area contributed by atoms with Crippen LogP contribution in [-0.4, -0.2) is 42.1 Å². The normalized spacial score (nSPS) is 14.8. The Bertz CT molecular complexity index is 266. The highest BCUT2D eigenvalue weighted by molar-refractivity contribution is 5.83. The molecule has 1 heterocycles. The van der Waals surface area contributed by atoms with Crippen molar-refractivity contribution in [2.75, 3.05) is 26.2 Å². The van der Waals surface area contributed by atoms with Gasteiger partial charge in [0.1, 0.15) is 0 Å². The van der Waals surface area contributed by atoms with Crippen LogP contribution >= 0.6 is 0 Å². The summed E-state index contributed by atoms with van der Waals surface area (Å²) >= 11 is 0. The molecule has 0 aromatic heterocycles. The molecule has 21 heavy (non-hydrogen) atoms. The number of amidine groups is 1. The van der Waals surface area contributed by atoms with E-state index in [-0.39, 0.29) is 6.61 Å². The van der Waals surface area contributed by atoms with Crippen LogP contribution < -0.4 is 0 Å². The second-order valence-electron chi connectivity index (χ2n) is 6.29. The maximum absolute atomic E-state index is 9.01. The van der Waals surface area contributed by atoms with Crippen molar-refractivity contribution in [1.29, 1.82) is 0 Å². The Morgan fingerprint density at radius 1 is 0.905 bits per heavy atom. The average molecular weight is 296 g/mol. The van der Waals surface area contributed by atoms with Gasteiger partial charge in [-0.05, 0) is 6.42 Å². The molecule has 0 radical (unpaired) electrons. The zero-order valence-electron chi connectivity index (χ0n) is 14.2. The highest BCUT2D eigenvalue weighted by Gasteiger charge is 2.14. The van der Waals surface area contributed by atoms with Gasteiger partial charge in [0.15, 0.2) is 0 Å². The molecule has 1 N–H and O–H groups in total. The van der Waals surface area contributed by atoms with Crippen molar-refractivity contribution in [3.8, 4) is 0 Å². The first kappa shape index (κ1) is 18.5. The Labute approximate surface area is 131 Å². The maximum atomic E-state index is 9.01. The van der Waals surface area contributed by atoms with Crippen LogP contribution in [0.15, 0.2) is 4.99 Å². The fraction of sp³-hybridized carbons (Fsp3) is 0.944. The van der Waals surface area contributed by atoms with E-state index in [9.17, 15) is 0 Å². The zero-order chi connectivity index (χ0) is 15.2. The number of aliphatic hydroxyl groups is 1. The molecule has 0 saturated carbocycles. The van der Waals surface area contributed by atoms with Gasteiger partial charge in [-0.25, -0.2) is 0 Å². The highest BCUT2D eigenvalue weighted by atomic mass is 16.3. The van der Waals surface area contributed by atoms with Gasteiger partial charge in [-0.2, -0.15) is 0 Å². The molecule has 0 aliphatic carbocycles. The minimum absolute atomic E-state index is 0.247. The third-order valence-electron chi connectivity index (χ3n) is 4.40. The number of nitrogens with zero attached hydrogens (tertiary/aromatic N) is 2. The van der Waals surface area contributed by atoms with Gasteiger partial charge < -0.3 is 10.0 Å². The second-order valence-corrected chi connectivity index (χ2v) is 6.29. The minimum atomic E-state index is 0.247. The molecule has 0 fully saturated rings. The summed E-state index contributed by atoms with van der Waals surface area (Å²) in [7, 11) is 0. The summed E-state index contributed by atoms with van der Waals surface area (Å²) in [5.41, 5.74) is 0. The third kappa shape index (κ3) is 9.13. The van der Waals surface area contributed by atoms with E-state index < -0.39 is 0 Å². The molecule has 0 amide bonds. The summed E-state index contributed by atoms with van der Waals surface area (Å²) in [4.78, 5) is 6.80. The number of rotatable bonds is 14. The van der Waals surface area contributed by atoms with E-state index in [4.69, 9.17) is 5.11 Å². The van der Waals surface area contributed by atoms with Crippen LogP contribution in [0.3, 0.4) is 0 Å². The monoisotopic (exact) mass is 296 g/mol. The lowest BCUT2D eigenvalue weighted by Crippen LogP contribution is -2.30. The van der Waals surface area contributed by atoms with E-state index >= 15 is 0 Å². The molecule has 3 heteroatoms. The van der Waals surface area contributed by atoms with E-state index in [0.717, 1.165) is 26.1 Å². The predicted molar refractivity (Wildman–Crippen MR) is 92.0 cm³/mol. The Balaban J connectivity index is 1.84. The van der Waals surface area contributed by atoms with Gasteiger partial charge >= 0.3 is 0 Å². The van der Waals surface area contributed by atoms with Crippen LogP contribution in [0.4, 0.5) is 0 Å². The molecule has 0 unspecified atom stereocenters. The SMILES string of the molecule is CCCCCCCCCCCCCC1=NCCN1CCO. The Morgan fingerprint density at radius 3 is 2.05 bits per heavy atom. The van der Waals surface area contributed by atoms with Crippen LogP contribution in [0.5, 0.6) is 0 Å². The number of hydrogen-bond donors (Lipinski definition) is 1. The molecule has 1 aliphatic heterocycles. The zero-order valence-corrected chi connectivity index (χ0v) is 14.2. The third-order valence-corrected chi connectivity index (χ3v) is 4.40. The van der Waals surface area contributed by atoms with Crippen LogP contribution in [0, 0.1) is 0 Å². The molecule has 0 atom stereocenters. The van der Waals surface area contributed by atoms with Gasteiger partial charge in [-0.3, -0.25) is 4.99 Å². The summed E-state index contributed by atoms with van der Waals surface area (Å²) in [6, 6.07) is 0. The van der Waals surface area contributed by atoms with E-state index in [1.165, 1.54) is 76.5 Å². The Morgan fingerprint density at radius 2 is 1.48 bits per heavy atom. The quantitative estimate of drug-likeness (QED) is 0.482. The van der Waals surface area contributed by atoms with Crippen molar-refractivity contribution in [2.24, 2.45) is 4.99 Å². The first-order valence-electron chi connectivity index (χ1n) is 9.27. The van der Waals surface area contributed by atoms with Crippen LogP contribution in [0.2, 0.25) is 0 Å². The van der Waals surface area contributed by atoms with Crippen molar-refractivity contribution >= 4 is 5.84 Å². The van der Waals surface area contributed by atoms with Crippen molar-refractivity contribution in [3.05, 3.63) is 0 Å². The van der Waals surface area contributed by atoms with E-state index in [1.807, 2.05) is 0 Å². The van der Waals surface area contributed by atoms with Gasteiger partial charge in [-0.15, -0.1) is 0 Å². The van der Waals surface area contributed by atoms with E-state index in [0.29, 0.717) is 0 Å². The molecule has 0 saturated heterocycles. The molecule has 3 nitrogen and oxygen atoms in total. The second kappa shape index (κ2) is 13.1. The van der Waals surface area contributed by atoms with Gasteiger partial charge in [0, 0.05) is 19.5 Å². The maximum Gasteiger partial charge on any atom is 0.0991 e. The lowest BCUT2D eigenvalue weighted by molar-refractivity contribution is 0.255. The first-order valence-corrected chi connectivity index (χ1v) is 9.27. The summed E-state index contributed by atoms with van der Waals surface area (Å²) in [6.45, 7) is 5.22. The molecule has 124 valence electrons. The minimum Gasteiger partial charge on any atom is -0.395 e. The van der Waals surface area contributed by atoms with E-state index in [1.54, 1.807) is 0 Å². The molecule has 0 aromatic carbocycles. The number of aliphatic imine (C=N–C) groups is 1. The average Bonchev–Trinajstić information content (AvgIpc) is 2.92. The van der Waals surface area contributed by atoms with Gasteiger partial charge in [0.25, 0.3) is 0 Å². The smallest absolute Gasteiger partial charge is 0.0991 e. The van der Waals surface area contributed by atoms with Crippen molar-refractivity contribution in [3.63, 3.8) is 0 Å². The van der Waals surface area contributed by atoms with Crippen molar-refractivity contribution in [1.82, 2.24) is 4.90 Å². The number of β-amino-alcohol motifs (C(OH)–C–C–N with tert-alkyl or cyclic N) is 1. The van der Waals surface area contributed by atoms with Crippen LogP contribution in [0.1, 0.15) is 84.0 Å². The predicted octanol–water partition coefficient (Wildman–Crippen LogP) is 4.39. The highest BCUT2D eigenvalue weighted by Crippen LogP contribution is 2.13. The lowest BCUT2D eigenvalue weighted by Gasteiger charge is -2.18. The van der Waals surface area contributed by atoms with Crippen LogP contribution in [-0.2, 0) is 0 Å². The van der Waals surface area contributed by atoms with Crippen molar-refractivity contribution in [2.45, 2.75) is 84.0 Å². The molecule has 0 aromatic rings. The largest absolute Gasteiger partial charge is 0.395 e. The fourth-order valence-electron chi connectivity index (χ4n) is 3.07. The molecule has 0 spiro atoms. The van der Waals surface area contributed by atoms with E-state index in [2.05, 4.69) is 16.8 Å². The van der Waals surface area contributed by atoms with Gasteiger partial charge in [-0.1, -0.05) is 71.1 Å². The summed E-state index contributed by atoms with van der Waals surface area (Å²) in [5, 5.41) is 9.01. The standard InChI is InChI=1S/C18H36N2O/c1-2-3-4-5-6-7-8-9-10-11-12-13-18-19-14-15-20(18)16-17-21/h21H,2-17H2,1H3. The molecular weight excluding hydrogens is 260 g/mol. The molecule has 0 bridgehead atoms. The summed E-state index contributed by atoms with van der Waals surface area (Å²) in [5.74, 6) is 1.24. The lowest BCUT2D eigenvalue weighted by atomic mass is 10.1. The molecule has 1 aliphatic rings. The topological polar surface area (TPSA) is 35.8 Å². The summed E-state index contributed by atoms with van der Waals surface area (Å²) in [6.07, 6.45) is 16.4. The Kier molecular flexibility index (Phi) is 11.5. The fourth-order valence-corrected chi connectivity index (χ4v) is 3.07. The van der Waals surface area contributed by atoms with Gasteiger partial charge in [0.2, 0.25) is 0 Å². The molecular formula is C18H36N2O. The number of aliphatic hydroxyl groups excluding tert-OH is 1. The number of hydrogen-bond acceptors (Lipinski definition) is 3. The Hall–Kier alpha value is -0.570. The number of unbranched alkanes of at least 4 members (excludes halogenated alkanes) is 10. The van der Waals surface area contributed by atoms with Crippen molar-refractivity contribution < 1.29 is 5.11 Å². The van der Waals surface area contributed by atoms with Gasteiger partial charge in [0.05, 0.1) is 19.0 Å².